The van der Waals surface area contributed by atoms with Crippen LogP contribution in [0.3, 0.4) is 0 Å². The number of anilines is 2. The molecule has 12 heteroatoms. The Morgan fingerprint density at radius 2 is 1.59 bits per heavy atom. The van der Waals surface area contributed by atoms with Crippen molar-refractivity contribution >= 4 is 23.0 Å². The largest absolute Gasteiger partial charge is 0.573 e. The maximum Gasteiger partial charge on any atom is 0.573 e. The topological polar surface area (TPSA) is 88.4 Å². The van der Waals surface area contributed by atoms with Gasteiger partial charge in [-0.15, -0.1) is 13.2 Å². The number of non-ortho nitro benzene ring substituents is 1. The molecule has 2 heterocycles. The van der Waals surface area contributed by atoms with Gasteiger partial charge in [0.05, 0.1) is 29.4 Å². The number of ether oxygens (including phenoxy) is 2. The number of hydrogen-bond acceptors (Lipinski definition) is 7. The van der Waals surface area contributed by atoms with Crippen LogP contribution in [-0.4, -0.2) is 74.6 Å². The van der Waals surface area contributed by atoms with Crippen LogP contribution in [0.25, 0.3) is 0 Å². The van der Waals surface area contributed by atoms with Crippen molar-refractivity contribution in [2.24, 2.45) is 0 Å². The van der Waals surface area contributed by atoms with Gasteiger partial charge in [0.2, 0.25) is 0 Å². The molecule has 2 fully saturated rings. The number of nitro benzene ring substituents is 1. The smallest absolute Gasteiger partial charge is 0.406 e. The highest BCUT2D eigenvalue weighted by molar-refractivity contribution is 6.00. The van der Waals surface area contributed by atoms with Gasteiger partial charge in [-0.3, -0.25) is 14.9 Å². The van der Waals surface area contributed by atoms with Gasteiger partial charge in [-0.25, -0.2) is 0 Å². The van der Waals surface area contributed by atoms with Crippen LogP contribution in [0.15, 0.2) is 42.5 Å². The summed E-state index contributed by atoms with van der Waals surface area (Å²) in [5, 5.41) is 11.3. The van der Waals surface area contributed by atoms with E-state index in [0.717, 1.165) is 0 Å². The lowest BCUT2D eigenvalue weighted by molar-refractivity contribution is -0.384. The van der Waals surface area contributed by atoms with Gasteiger partial charge in [0.25, 0.3) is 11.6 Å². The number of carbonyl (C=O) groups is 1. The van der Waals surface area contributed by atoms with E-state index in [9.17, 15) is 28.1 Å². The minimum absolute atomic E-state index is 0.153. The highest BCUT2D eigenvalue weighted by Crippen LogP contribution is 2.29. The molecule has 2 aromatic carbocycles. The number of benzene rings is 2. The number of morpholine rings is 1. The summed E-state index contributed by atoms with van der Waals surface area (Å²) >= 11 is 0. The van der Waals surface area contributed by atoms with E-state index in [1.54, 1.807) is 11.0 Å². The average molecular weight is 480 g/mol. The standard InChI is InChI=1S/C22H23F3N4O5/c23-22(24,25)34-18-4-1-16(2-5-18)26-7-9-28(10-8-26)21(30)19-15-17(29(31)32)3-6-20(19)27-11-13-33-14-12-27/h1-6,15H,7-14H2. The number of alkyl halides is 3. The van der Waals surface area contributed by atoms with Crippen LogP contribution < -0.4 is 14.5 Å². The van der Waals surface area contributed by atoms with Crippen LogP contribution in [0, 0.1) is 10.1 Å². The van der Waals surface area contributed by atoms with Crippen LogP contribution >= 0.6 is 0 Å². The molecule has 2 aromatic rings. The molecule has 4 rings (SSSR count). The molecule has 2 aliphatic heterocycles. The molecule has 0 N–H and O–H groups in total. The van der Waals surface area contributed by atoms with E-state index in [4.69, 9.17) is 4.74 Å². The Morgan fingerprint density at radius 3 is 2.18 bits per heavy atom. The van der Waals surface area contributed by atoms with E-state index in [1.807, 2.05) is 9.80 Å². The number of hydrogen-bond donors (Lipinski definition) is 0. The fourth-order valence-electron chi connectivity index (χ4n) is 4.09. The van der Waals surface area contributed by atoms with E-state index >= 15 is 0 Å². The third-order valence-electron chi connectivity index (χ3n) is 5.78. The molecule has 0 atom stereocenters. The van der Waals surface area contributed by atoms with Gasteiger partial charge in [0.1, 0.15) is 5.75 Å². The van der Waals surface area contributed by atoms with Crippen molar-refractivity contribution in [3.05, 3.63) is 58.1 Å². The molecule has 0 bridgehead atoms. The maximum atomic E-state index is 13.4. The highest BCUT2D eigenvalue weighted by atomic mass is 19.4. The summed E-state index contributed by atoms with van der Waals surface area (Å²) in [5.41, 5.74) is 1.48. The van der Waals surface area contributed by atoms with Crippen molar-refractivity contribution in [3.8, 4) is 5.75 Å². The van der Waals surface area contributed by atoms with Gasteiger partial charge < -0.3 is 24.2 Å². The van der Waals surface area contributed by atoms with Crippen LogP contribution in [-0.2, 0) is 4.74 Å². The monoisotopic (exact) mass is 480 g/mol. The predicted molar refractivity (Wildman–Crippen MR) is 117 cm³/mol. The summed E-state index contributed by atoms with van der Waals surface area (Å²) in [6.45, 7) is 3.85. The lowest BCUT2D eigenvalue weighted by Gasteiger charge is -2.37. The molecule has 0 aromatic heterocycles. The number of piperazine rings is 1. The third-order valence-corrected chi connectivity index (χ3v) is 5.78. The first kappa shape index (κ1) is 23.6. The van der Waals surface area contributed by atoms with Crippen molar-refractivity contribution in [2.75, 3.05) is 62.3 Å². The van der Waals surface area contributed by atoms with Crippen molar-refractivity contribution in [3.63, 3.8) is 0 Å². The molecule has 2 saturated heterocycles. The van der Waals surface area contributed by atoms with E-state index in [1.165, 1.54) is 36.4 Å². The predicted octanol–water partition coefficient (Wildman–Crippen LogP) is 3.29. The summed E-state index contributed by atoms with van der Waals surface area (Å²) in [6.07, 6.45) is -4.75. The van der Waals surface area contributed by atoms with E-state index in [0.29, 0.717) is 63.9 Å². The summed E-state index contributed by atoms with van der Waals surface area (Å²) in [7, 11) is 0. The van der Waals surface area contributed by atoms with Gasteiger partial charge in [0.15, 0.2) is 0 Å². The number of nitrogens with zero attached hydrogens (tertiary/aromatic N) is 4. The Balaban J connectivity index is 1.46. The van der Waals surface area contributed by atoms with Crippen molar-refractivity contribution in [1.29, 1.82) is 0 Å². The molecule has 182 valence electrons. The van der Waals surface area contributed by atoms with Gasteiger partial charge in [-0.05, 0) is 30.3 Å². The SMILES string of the molecule is O=C(c1cc([N+](=O)[O-])ccc1N1CCOCC1)N1CCN(c2ccc(OC(F)(F)F)cc2)CC1. The summed E-state index contributed by atoms with van der Waals surface area (Å²) in [6, 6.07) is 9.89. The first-order valence-corrected chi connectivity index (χ1v) is 10.7. The molecule has 1 amide bonds. The maximum absolute atomic E-state index is 13.4. The van der Waals surface area contributed by atoms with Gasteiger partial charge >= 0.3 is 6.36 Å². The van der Waals surface area contributed by atoms with Crippen molar-refractivity contribution in [2.45, 2.75) is 6.36 Å². The lowest BCUT2D eigenvalue weighted by Crippen LogP contribution is -2.49. The van der Waals surface area contributed by atoms with E-state index < -0.39 is 11.3 Å². The molecule has 9 nitrogen and oxygen atoms in total. The van der Waals surface area contributed by atoms with E-state index in [-0.39, 0.29) is 22.9 Å². The second-order valence-corrected chi connectivity index (χ2v) is 7.88. The zero-order chi connectivity index (χ0) is 24.3. The number of halogens is 3. The van der Waals surface area contributed by atoms with Crippen LogP contribution in [0.2, 0.25) is 0 Å². The summed E-state index contributed by atoms with van der Waals surface area (Å²) in [5.74, 6) is -0.592. The Kier molecular flexibility index (Phi) is 6.77. The molecule has 0 saturated carbocycles. The minimum atomic E-state index is -4.75. The van der Waals surface area contributed by atoms with Crippen LogP contribution in [0.5, 0.6) is 5.75 Å². The van der Waals surface area contributed by atoms with Crippen LogP contribution in [0.4, 0.5) is 30.2 Å². The quantitative estimate of drug-likeness (QED) is 0.479. The molecule has 0 spiro atoms. The Labute approximate surface area is 193 Å². The fraction of sp³-hybridized carbons (Fsp3) is 0.409. The Bertz CT molecular complexity index is 1030. The molecule has 0 radical (unpaired) electrons. The molecular formula is C22H23F3N4O5. The minimum Gasteiger partial charge on any atom is -0.406 e. The first-order valence-electron chi connectivity index (χ1n) is 10.7. The number of carbonyl (C=O) groups excluding carboxylic acids is 1. The number of nitro groups is 1. The number of amides is 1. The second kappa shape index (κ2) is 9.75. The third kappa shape index (κ3) is 5.50. The molecule has 34 heavy (non-hydrogen) atoms. The summed E-state index contributed by atoms with van der Waals surface area (Å²) < 4.78 is 46.3. The second-order valence-electron chi connectivity index (χ2n) is 7.88. The molecule has 0 aliphatic carbocycles. The summed E-state index contributed by atoms with van der Waals surface area (Å²) in [4.78, 5) is 29.7. The highest BCUT2D eigenvalue weighted by Gasteiger charge is 2.31. The van der Waals surface area contributed by atoms with Crippen molar-refractivity contribution < 1.29 is 32.4 Å². The van der Waals surface area contributed by atoms with Gasteiger partial charge in [-0.1, -0.05) is 0 Å². The molecule has 0 unspecified atom stereocenters. The lowest BCUT2D eigenvalue weighted by atomic mass is 10.1. The fourth-order valence-corrected chi connectivity index (χ4v) is 4.09. The normalized spacial score (nSPS) is 17.0. The average Bonchev–Trinajstić information content (AvgIpc) is 2.83. The van der Waals surface area contributed by atoms with Crippen LogP contribution in [0.1, 0.15) is 10.4 Å². The zero-order valence-corrected chi connectivity index (χ0v) is 18.2. The Hall–Kier alpha value is -3.54. The van der Waals surface area contributed by atoms with E-state index in [2.05, 4.69) is 4.74 Å². The Morgan fingerprint density at radius 1 is 0.941 bits per heavy atom. The van der Waals surface area contributed by atoms with Gasteiger partial charge in [-0.2, -0.15) is 0 Å². The first-order chi connectivity index (χ1) is 16.2. The molecular weight excluding hydrogens is 457 g/mol. The zero-order valence-electron chi connectivity index (χ0n) is 18.2. The molecule has 2 aliphatic rings. The number of rotatable bonds is 5. The van der Waals surface area contributed by atoms with Gasteiger partial charge in [0, 0.05) is 57.1 Å². The van der Waals surface area contributed by atoms with Crippen molar-refractivity contribution in [1.82, 2.24) is 4.90 Å².